The molecule has 1 fully saturated rings. The summed E-state index contributed by atoms with van der Waals surface area (Å²) in [7, 11) is 1.73. The number of carbonyl (C=O) groups is 2. The Labute approximate surface area is 106 Å². The van der Waals surface area contributed by atoms with E-state index in [9.17, 15) is 9.59 Å². The first-order chi connectivity index (χ1) is 8.49. The van der Waals surface area contributed by atoms with Gasteiger partial charge in [-0.05, 0) is 31.0 Å². The number of hydrogen-bond donors (Lipinski definition) is 2. The largest absolute Gasteiger partial charge is 0.398 e. The molecule has 2 rings (SSSR count). The molecule has 1 aliphatic heterocycles. The molecular formula is C13H17N3O2. The Balaban J connectivity index is 2.08. The van der Waals surface area contributed by atoms with Crippen LogP contribution in [0.15, 0.2) is 18.2 Å². The first kappa shape index (κ1) is 12.4. The second kappa shape index (κ2) is 4.68. The Morgan fingerprint density at radius 2 is 2.22 bits per heavy atom. The molecule has 1 aromatic carbocycles. The number of rotatable bonds is 2. The van der Waals surface area contributed by atoms with Crippen molar-refractivity contribution in [1.29, 1.82) is 0 Å². The third-order valence-corrected chi connectivity index (χ3v) is 3.27. The van der Waals surface area contributed by atoms with Crippen LogP contribution in [0.1, 0.15) is 22.3 Å². The summed E-state index contributed by atoms with van der Waals surface area (Å²) in [4.78, 5) is 25.3. The molecule has 0 bridgehead atoms. The topological polar surface area (TPSA) is 75.4 Å². The number of likely N-dealkylation sites (N-methyl/N-ethyl adjacent to an activating group) is 1. The van der Waals surface area contributed by atoms with Crippen LogP contribution in [0.25, 0.3) is 0 Å². The number of benzene rings is 1. The first-order valence-corrected chi connectivity index (χ1v) is 5.91. The highest BCUT2D eigenvalue weighted by Gasteiger charge is 2.30. The highest BCUT2D eigenvalue weighted by molar-refractivity contribution is 5.98. The van der Waals surface area contributed by atoms with Gasteiger partial charge in [0, 0.05) is 24.8 Å². The Hall–Kier alpha value is -2.04. The SMILES string of the molecule is Cc1ccc(C(=O)NC2CCN(C)C2=O)cc1N. The number of aryl methyl sites for hydroxylation is 1. The summed E-state index contributed by atoms with van der Waals surface area (Å²) in [5, 5.41) is 2.74. The number of nitrogens with one attached hydrogen (secondary N) is 1. The van der Waals surface area contributed by atoms with E-state index < -0.39 is 6.04 Å². The van der Waals surface area contributed by atoms with Crippen LogP contribution in [-0.4, -0.2) is 36.3 Å². The lowest BCUT2D eigenvalue weighted by Gasteiger charge is -2.12. The fourth-order valence-electron chi connectivity index (χ4n) is 1.98. The second-order valence-corrected chi connectivity index (χ2v) is 4.65. The standard InChI is InChI=1S/C13H17N3O2/c1-8-3-4-9(7-10(8)14)12(17)15-11-5-6-16(2)13(11)18/h3-4,7,11H,5-6,14H2,1-2H3,(H,15,17). The highest BCUT2D eigenvalue weighted by atomic mass is 16.2. The van der Waals surface area contributed by atoms with Gasteiger partial charge < -0.3 is 16.0 Å². The fraction of sp³-hybridized carbons (Fsp3) is 0.385. The zero-order chi connectivity index (χ0) is 13.3. The normalized spacial score (nSPS) is 19.1. The van der Waals surface area contributed by atoms with E-state index in [1.54, 1.807) is 30.1 Å². The van der Waals surface area contributed by atoms with Gasteiger partial charge >= 0.3 is 0 Å². The van der Waals surface area contributed by atoms with Crippen LogP contribution in [0.3, 0.4) is 0 Å². The average Bonchev–Trinajstić information content (AvgIpc) is 2.64. The molecule has 5 heteroatoms. The number of nitrogens with zero attached hydrogens (tertiary/aromatic N) is 1. The van der Waals surface area contributed by atoms with E-state index in [4.69, 9.17) is 5.73 Å². The van der Waals surface area contributed by atoms with Crippen molar-refractivity contribution in [3.8, 4) is 0 Å². The quantitative estimate of drug-likeness (QED) is 0.749. The summed E-state index contributed by atoms with van der Waals surface area (Å²) in [6.45, 7) is 2.56. The van der Waals surface area contributed by atoms with Crippen LogP contribution in [0, 0.1) is 6.92 Å². The van der Waals surface area contributed by atoms with E-state index in [-0.39, 0.29) is 11.8 Å². The summed E-state index contributed by atoms with van der Waals surface area (Å²) in [6, 6.07) is 4.73. The summed E-state index contributed by atoms with van der Waals surface area (Å²) in [6.07, 6.45) is 0.655. The number of anilines is 1. The fourth-order valence-corrected chi connectivity index (χ4v) is 1.98. The molecule has 1 aromatic rings. The summed E-state index contributed by atoms with van der Waals surface area (Å²) in [5.74, 6) is -0.293. The van der Waals surface area contributed by atoms with Gasteiger partial charge in [-0.15, -0.1) is 0 Å². The minimum absolute atomic E-state index is 0.0385. The van der Waals surface area contributed by atoms with Crippen molar-refractivity contribution in [2.75, 3.05) is 19.3 Å². The lowest BCUT2D eigenvalue weighted by atomic mass is 10.1. The molecule has 1 atom stereocenters. The molecule has 96 valence electrons. The lowest BCUT2D eigenvalue weighted by Crippen LogP contribution is -2.40. The molecule has 1 aliphatic rings. The Kier molecular flexibility index (Phi) is 3.23. The van der Waals surface area contributed by atoms with Gasteiger partial charge in [0.2, 0.25) is 5.91 Å². The lowest BCUT2D eigenvalue weighted by molar-refractivity contribution is -0.128. The first-order valence-electron chi connectivity index (χ1n) is 5.91. The summed E-state index contributed by atoms with van der Waals surface area (Å²) >= 11 is 0. The number of likely N-dealkylation sites (tertiary alicyclic amines) is 1. The van der Waals surface area contributed by atoms with Crippen molar-refractivity contribution in [1.82, 2.24) is 10.2 Å². The molecular weight excluding hydrogens is 230 g/mol. The molecule has 1 saturated heterocycles. The number of nitrogens with two attached hydrogens (primary N) is 1. The maximum Gasteiger partial charge on any atom is 0.252 e. The van der Waals surface area contributed by atoms with Gasteiger partial charge in [-0.1, -0.05) is 6.07 Å². The maximum absolute atomic E-state index is 12.0. The van der Waals surface area contributed by atoms with Gasteiger partial charge in [0.25, 0.3) is 5.91 Å². The van der Waals surface area contributed by atoms with E-state index in [2.05, 4.69) is 5.32 Å². The number of nitrogen functional groups attached to an aromatic ring is 1. The van der Waals surface area contributed by atoms with E-state index in [0.717, 1.165) is 5.56 Å². The van der Waals surface area contributed by atoms with Crippen molar-refractivity contribution in [3.05, 3.63) is 29.3 Å². The van der Waals surface area contributed by atoms with E-state index >= 15 is 0 Å². The third kappa shape index (κ3) is 2.30. The van der Waals surface area contributed by atoms with Crippen molar-refractivity contribution in [2.45, 2.75) is 19.4 Å². The maximum atomic E-state index is 12.0. The smallest absolute Gasteiger partial charge is 0.252 e. The van der Waals surface area contributed by atoms with E-state index in [1.165, 1.54) is 0 Å². The molecule has 0 saturated carbocycles. The zero-order valence-corrected chi connectivity index (χ0v) is 10.6. The Bertz CT molecular complexity index is 499. The van der Waals surface area contributed by atoms with Crippen LogP contribution in [0.4, 0.5) is 5.69 Å². The predicted molar refractivity (Wildman–Crippen MR) is 69.1 cm³/mol. The second-order valence-electron chi connectivity index (χ2n) is 4.65. The predicted octanol–water partition coefficient (Wildman–Crippen LogP) is 0.538. The van der Waals surface area contributed by atoms with Gasteiger partial charge in [0.15, 0.2) is 0 Å². The number of amides is 2. The van der Waals surface area contributed by atoms with Crippen molar-refractivity contribution in [2.24, 2.45) is 0 Å². The van der Waals surface area contributed by atoms with E-state index in [0.29, 0.717) is 24.2 Å². The van der Waals surface area contributed by atoms with Crippen molar-refractivity contribution in [3.63, 3.8) is 0 Å². The van der Waals surface area contributed by atoms with Crippen LogP contribution < -0.4 is 11.1 Å². The highest BCUT2D eigenvalue weighted by Crippen LogP contribution is 2.14. The molecule has 0 aliphatic carbocycles. The average molecular weight is 247 g/mol. The molecule has 5 nitrogen and oxygen atoms in total. The van der Waals surface area contributed by atoms with Crippen LogP contribution in [-0.2, 0) is 4.79 Å². The number of hydrogen-bond acceptors (Lipinski definition) is 3. The minimum Gasteiger partial charge on any atom is -0.398 e. The number of carbonyl (C=O) groups excluding carboxylic acids is 2. The van der Waals surface area contributed by atoms with Crippen molar-refractivity contribution >= 4 is 17.5 Å². The van der Waals surface area contributed by atoms with Gasteiger partial charge in [-0.3, -0.25) is 9.59 Å². The molecule has 3 N–H and O–H groups in total. The van der Waals surface area contributed by atoms with Gasteiger partial charge in [0.05, 0.1) is 0 Å². The summed E-state index contributed by atoms with van der Waals surface area (Å²) in [5.41, 5.74) is 7.76. The third-order valence-electron chi connectivity index (χ3n) is 3.27. The molecule has 0 radical (unpaired) electrons. The molecule has 0 aromatic heterocycles. The van der Waals surface area contributed by atoms with Crippen LogP contribution in [0.2, 0.25) is 0 Å². The molecule has 1 unspecified atom stereocenters. The van der Waals surface area contributed by atoms with Gasteiger partial charge in [-0.25, -0.2) is 0 Å². The molecule has 2 amide bonds. The van der Waals surface area contributed by atoms with Gasteiger partial charge in [-0.2, -0.15) is 0 Å². The van der Waals surface area contributed by atoms with Crippen LogP contribution >= 0.6 is 0 Å². The monoisotopic (exact) mass is 247 g/mol. The van der Waals surface area contributed by atoms with Crippen LogP contribution in [0.5, 0.6) is 0 Å². The van der Waals surface area contributed by atoms with Gasteiger partial charge in [0.1, 0.15) is 6.04 Å². The summed E-state index contributed by atoms with van der Waals surface area (Å²) < 4.78 is 0. The molecule has 18 heavy (non-hydrogen) atoms. The zero-order valence-electron chi connectivity index (χ0n) is 10.6. The van der Waals surface area contributed by atoms with Crippen molar-refractivity contribution < 1.29 is 9.59 Å². The molecule has 1 heterocycles. The Morgan fingerprint density at radius 1 is 1.50 bits per heavy atom. The Morgan fingerprint density at radius 3 is 2.78 bits per heavy atom. The van der Waals surface area contributed by atoms with E-state index in [1.807, 2.05) is 6.92 Å². The minimum atomic E-state index is -0.412. The molecule has 0 spiro atoms.